The van der Waals surface area contributed by atoms with Gasteiger partial charge < -0.3 is 14.8 Å². The first-order valence-corrected chi connectivity index (χ1v) is 11.2. The summed E-state index contributed by atoms with van der Waals surface area (Å²) in [7, 11) is 1.66. The molecule has 0 radical (unpaired) electrons. The number of benzene rings is 2. The Morgan fingerprint density at radius 3 is 2.55 bits per heavy atom. The summed E-state index contributed by atoms with van der Waals surface area (Å²) in [6, 6.07) is 15.8. The van der Waals surface area contributed by atoms with Crippen LogP contribution in [0.25, 0.3) is 0 Å². The zero-order valence-corrected chi connectivity index (χ0v) is 18.3. The Bertz CT molecular complexity index is 969. The average Bonchev–Trinajstić information content (AvgIpc) is 3.36. The first-order chi connectivity index (χ1) is 15.2. The monoisotopic (exact) mass is 438 g/mol. The number of aromatic nitrogens is 3. The highest BCUT2D eigenvalue weighted by Crippen LogP contribution is 2.35. The Morgan fingerprint density at radius 2 is 1.90 bits per heavy atom. The van der Waals surface area contributed by atoms with Crippen molar-refractivity contribution in [3.8, 4) is 5.75 Å². The number of nitrogens with zero attached hydrogens (tertiary/aromatic N) is 2. The molecule has 2 aromatic carbocycles. The van der Waals surface area contributed by atoms with Crippen LogP contribution in [0.5, 0.6) is 5.75 Å². The Labute approximate surface area is 186 Å². The molecule has 1 amide bonds. The molecule has 2 N–H and O–H groups in total. The van der Waals surface area contributed by atoms with Gasteiger partial charge in [0.05, 0.1) is 7.11 Å². The number of carbonyl (C=O) groups is 1. The van der Waals surface area contributed by atoms with Gasteiger partial charge in [0.25, 0.3) is 5.91 Å². The predicted octanol–water partition coefficient (Wildman–Crippen LogP) is 3.58. The van der Waals surface area contributed by atoms with E-state index in [1.54, 1.807) is 18.9 Å². The first-order valence-electron chi connectivity index (χ1n) is 10.3. The highest BCUT2D eigenvalue weighted by molar-refractivity contribution is 7.98. The van der Waals surface area contributed by atoms with Crippen molar-refractivity contribution in [2.45, 2.75) is 29.2 Å². The van der Waals surface area contributed by atoms with Gasteiger partial charge >= 0.3 is 0 Å². The average molecular weight is 439 g/mol. The molecule has 1 fully saturated rings. The minimum atomic E-state index is -0.131. The normalized spacial score (nSPS) is 15.4. The van der Waals surface area contributed by atoms with Crippen LogP contribution < -0.4 is 10.1 Å². The van der Waals surface area contributed by atoms with Crippen molar-refractivity contribution >= 4 is 17.7 Å². The van der Waals surface area contributed by atoms with Crippen LogP contribution in [0.15, 0.2) is 60.0 Å². The molecular weight excluding hydrogens is 412 g/mol. The van der Waals surface area contributed by atoms with Gasteiger partial charge in [-0.05, 0) is 48.2 Å². The van der Waals surface area contributed by atoms with E-state index in [0.717, 1.165) is 35.1 Å². The Morgan fingerprint density at radius 1 is 1.16 bits per heavy atom. The maximum absolute atomic E-state index is 12.8. The van der Waals surface area contributed by atoms with Crippen molar-refractivity contribution in [3.63, 3.8) is 0 Å². The quantitative estimate of drug-likeness (QED) is 0.523. The van der Waals surface area contributed by atoms with Crippen molar-refractivity contribution in [3.05, 3.63) is 71.5 Å². The third kappa shape index (κ3) is 5.26. The summed E-state index contributed by atoms with van der Waals surface area (Å²) >= 11 is 1.57. The van der Waals surface area contributed by atoms with Crippen LogP contribution in [0, 0.1) is 0 Å². The maximum Gasteiger partial charge on any atom is 0.251 e. The molecule has 0 unspecified atom stereocenters. The first kappa shape index (κ1) is 21.4. The molecule has 162 valence electrons. The van der Waals surface area contributed by atoms with Crippen LogP contribution in [-0.4, -0.2) is 48.0 Å². The number of carbonyl (C=O) groups excluding carboxylic acids is 1. The molecule has 0 bridgehead atoms. The van der Waals surface area contributed by atoms with Gasteiger partial charge in [0.1, 0.15) is 12.1 Å². The molecule has 0 atom stereocenters. The summed E-state index contributed by atoms with van der Waals surface area (Å²) in [5.41, 5.74) is 2.85. The molecule has 1 aliphatic rings. The van der Waals surface area contributed by atoms with E-state index in [-0.39, 0.29) is 11.3 Å². The fraction of sp³-hybridized carbons (Fsp3) is 0.348. The van der Waals surface area contributed by atoms with Crippen LogP contribution in [-0.2, 0) is 15.9 Å². The predicted molar refractivity (Wildman–Crippen MR) is 119 cm³/mol. The highest BCUT2D eigenvalue weighted by atomic mass is 32.2. The fourth-order valence-electron chi connectivity index (χ4n) is 3.79. The van der Waals surface area contributed by atoms with Gasteiger partial charge in [-0.2, -0.15) is 5.10 Å². The van der Waals surface area contributed by atoms with Gasteiger partial charge in [-0.1, -0.05) is 36.0 Å². The molecule has 31 heavy (non-hydrogen) atoms. The summed E-state index contributed by atoms with van der Waals surface area (Å²) in [5.74, 6) is 1.53. The van der Waals surface area contributed by atoms with Gasteiger partial charge in [-0.25, -0.2) is 4.98 Å². The van der Waals surface area contributed by atoms with Crippen LogP contribution >= 0.6 is 11.8 Å². The van der Waals surface area contributed by atoms with Gasteiger partial charge in [0, 0.05) is 36.5 Å². The molecule has 4 rings (SSSR count). The largest absolute Gasteiger partial charge is 0.497 e. The van der Waals surface area contributed by atoms with E-state index in [1.807, 2.05) is 36.4 Å². The van der Waals surface area contributed by atoms with Gasteiger partial charge in [0.2, 0.25) is 0 Å². The number of thioether (sulfide) groups is 1. The van der Waals surface area contributed by atoms with E-state index >= 15 is 0 Å². The van der Waals surface area contributed by atoms with Crippen molar-refractivity contribution in [1.82, 2.24) is 20.5 Å². The number of aromatic amines is 1. The number of methoxy groups -OCH3 is 1. The molecule has 0 saturated carbocycles. The van der Waals surface area contributed by atoms with Crippen molar-refractivity contribution in [2.75, 3.05) is 26.9 Å². The number of hydrogen-bond acceptors (Lipinski definition) is 6. The molecule has 0 spiro atoms. The maximum atomic E-state index is 12.8. The number of H-pyrrole nitrogens is 1. The topological polar surface area (TPSA) is 89.1 Å². The number of nitrogens with one attached hydrogen (secondary N) is 2. The lowest BCUT2D eigenvalue weighted by atomic mass is 9.74. The fourth-order valence-corrected chi connectivity index (χ4v) is 4.53. The van der Waals surface area contributed by atoms with E-state index in [0.29, 0.717) is 25.3 Å². The second kappa shape index (κ2) is 9.98. The summed E-state index contributed by atoms with van der Waals surface area (Å²) < 4.78 is 10.9. The van der Waals surface area contributed by atoms with Crippen LogP contribution in [0.2, 0.25) is 0 Å². The van der Waals surface area contributed by atoms with E-state index in [9.17, 15) is 4.79 Å². The Balaban J connectivity index is 1.39. The number of ether oxygens (including phenoxy) is 2. The van der Waals surface area contributed by atoms with Crippen molar-refractivity contribution in [2.24, 2.45) is 0 Å². The van der Waals surface area contributed by atoms with Gasteiger partial charge in [-0.15, -0.1) is 0 Å². The summed E-state index contributed by atoms with van der Waals surface area (Å²) in [6.45, 7) is 1.96. The molecule has 1 aliphatic heterocycles. The summed E-state index contributed by atoms with van der Waals surface area (Å²) in [6.07, 6.45) is 3.24. The standard InChI is InChI=1S/C23H26N4O3S/c1-29-20-8-6-19(7-9-20)23(10-12-30-13-11-23)15-24-21(28)18-4-2-17(3-5-18)14-31-22-25-16-26-27-22/h2-9,16H,10-15H2,1H3,(H,24,28)(H,25,26,27). The molecule has 7 nitrogen and oxygen atoms in total. The zero-order valence-electron chi connectivity index (χ0n) is 17.5. The van der Waals surface area contributed by atoms with E-state index < -0.39 is 0 Å². The second-order valence-corrected chi connectivity index (χ2v) is 8.54. The highest BCUT2D eigenvalue weighted by Gasteiger charge is 2.35. The van der Waals surface area contributed by atoms with Gasteiger partial charge in [-0.3, -0.25) is 9.89 Å². The third-order valence-corrected chi connectivity index (χ3v) is 6.67. The van der Waals surface area contributed by atoms with E-state index in [1.165, 1.54) is 11.9 Å². The lowest BCUT2D eigenvalue weighted by molar-refractivity contribution is 0.0487. The molecule has 1 saturated heterocycles. The lowest BCUT2D eigenvalue weighted by Gasteiger charge is -2.38. The molecular formula is C23H26N4O3S. The molecule has 1 aromatic heterocycles. The number of hydrogen-bond donors (Lipinski definition) is 2. The minimum absolute atomic E-state index is 0.0613. The third-order valence-electron chi connectivity index (χ3n) is 5.72. The van der Waals surface area contributed by atoms with Crippen molar-refractivity contribution < 1.29 is 14.3 Å². The zero-order chi connectivity index (χ0) is 21.5. The smallest absolute Gasteiger partial charge is 0.251 e. The Hall–Kier alpha value is -2.84. The van der Waals surface area contributed by atoms with Gasteiger partial charge in [0.15, 0.2) is 5.16 Å². The van der Waals surface area contributed by atoms with E-state index in [4.69, 9.17) is 9.47 Å². The van der Waals surface area contributed by atoms with Crippen LogP contribution in [0.3, 0.4) is 0 Å². The minimum Gasteiger partial charge on any atom is -0.497 e. The molecule has 3 aromatic rings. The Kier molecular flexibility index (Phi) is 6.89. The van der Waals surface area contributed by atoms with Crippen molar-refractivity contribution in [1.29, 1.82) is 0 Å². The van der Waals surface area contributed by atoms with Crippen LogP contribution in [0.4, 0.5) is 0 Å². The number of rotatable bonds is 8. The molecule has 2 heterocycles. The van der Waals surface area contributed by atoms with Crippen LogP contribution in [0.1, 0.15) is 34.3 Å². The molecule has 0 aliphatic carbocycles. The lowest BCUT2D eigenvalue weighted by Crippen LogP contribution is -2.44. The van der Waals surface area contributed by atoms with E-state index in [2.05, 4.69) is 32.6 Å². The summed E-state index contributed by atoms with van der Waals surface area (Å²) in [5, 5.41) is 10.6. The number of amides is 1. The molecule has 8 heteroatoms. The second-order valence-electron chi connectivity index (χ2n) is 7.58. The summed E-state index contributed by atoms with van der Waals surface area (Å²) in [4.78, 5) is 16.9. The SMILES string of the molecule is COc1ccc(C2(CNC(=O)c3ccc(CSc4ncn[nH]4)cc3)CCOCC2)cc1.